The molecule has 0 spiro atoms. The van der Waals surface area contributed by atoms with Crippen molar-refractivity contribution in [3.8, 4) is 6.07 Å². The van der Waals surface area contributed by atoms with E-state index in [2.05, 4.69) is 99.6 Å². The Labute approximate surface area is 276 Å². The van der Waals surface area contributed by atoms with Gasteiger partial charge in [-0.05, 0) is 69.4 Å². The standard InChI is InChI=1S/C36H42ClN9/c1-5-31(24-10-7-6-8-11-24)42-33-26(20-38)22-40-35-29(33)18-27(19-30(35)37)41-34(25-12-9-15-39-21-25)32-23-46(44-43-32)28-13-16-45(17-14-28)36(2,3)4/h6-12,15,18-19,21-23,28,31,34,41,43-44H,5,13-14,16-17H2,1-4H3,(H,40,42)/t31-,34+/m1/s1. The maximum absolute atomic E-state index is 10.1. The molecule has 0 bridgehead atoms. The fraction of sp³-hybridized carbons (Fsp3) is 0.361. The van der Waals surface area contributed by atoms with Crippen molar-refractivity contribution >= 4 is 33.9 Å². The average Bonchev–Trinajstić information content (AvgIpc) is 3.56. The maximum Gasteiger partial charge on any atom is 0.103 e. The first kappa shape index (κ1) is 31.6. The van der Waals surface area contributed by atoms with Crippen LogP contribution in [0.1, 0.15) is 75.7 Å². The molecule has 4 heterocycles. The smallest absolute Gasteiger partial charge is 0.103 e. The number of piperidine rings is 1. The van der Waals surface area contributed by atoms with Gasteiger partial charge in [-0.3, -0.25) is 19.9 Å². The molecule has 0 amide bonds. The van der Waals surface area contributed by atoms with E-state index in [9.17, 15) is 5.26 Å². The number of anilines is 2. The molecular weight excluding hydrogens is 594 g/mol. The minimum atomic E-state index is -0.245. The molecule has 4 N–H and O–H groups in total. The van der Waals surface area contributed by atoms with Gasteiger partial charge in [-0.1, -0.05) is 54.9 Å². The van der Waals surface area contributed by atoms with Crippen LogP contribution in [0, 0.1) is 11.3 Å². The molecule has 2 aliphatic heterocycles. The number of aromatic nitrogens is 2. The maximum atomic E-state index is 10.1. The fourth-order valence-corrected chi connectivity index (χ4v) is 6.69. The van der Waals surface area contributed by atoms with E-state index in [1.807, 2.05) is 42.6 Å². The van der Waals surface area contributed by atoms with Crippen LogP contribution in [0.2, 0.25) is 5.02 Å². The Hall–Kier alpha value is -4.36. The number of pyridine rings is 2. The second-order valence-electron chi connectivity index (χ2n) is 13.0. The van der Waals surface area contributed by atoms with Gasteiger partial charge in [-0.25, -0.2) is 0 Å². The minimum absolute atomic E-state index is 0.0117. The number of nitrogens with one attached hydrogen (secondary N) is 4. The highest BCUT2D eigenvalue weighted by Gasteiger charge is 2.32. The van der Waals surface area contributed by atoms with Gasteiger partial charge in [-0.2, -0.15) is 5.26 Å². The van der Waals surface area contributed by atoms with Crippen molar-refractivity contribution in [2.24, 2.45) is 0 Å². The fourth-order valence-electron chi connectivity index (χ4n) is 6.42. The Morgan fingerprint density at radius 2 is 1.80 bits per heavy atom. The monoisotopic (exact) mass is 635 g/mol. The van der Waals surface area contributed by atoms with Crippen LogP contribution >= 0.6 is 11.6 Å². The van der Waals surface area contributed by atoms with Crippen LogP contribution in [0.15, 0.2) is 85.1 Å². The van der Waals surface area contributed by atoms with Crippen molar-refractivity contribution < 1.29 is 0 Å². The number of hydrogen-bond donors (Lipinski definition) is 4. The summed E-state index contributed by atoms with van der Waals surface area (Å²) in [6.07, 6.45) is 10.4. The third kappa shape index (κ3) is 6.75. The summed E-state index contributed by atoms with van der Waals surface area (Å²) in [5, 5.41) is 20.9. The van der Waals surface area contributed by atoms with Crippen LogP contribution in [0.25, 0.3) is 10.9 Å². The van der Waals surface area contributed by atoms with Crippen molar-refractivity contribution in [2.45, 2.75) is 70.6 Å². The van der Waals surface area contributed by atoms with Crippen LogP contribution in [-0.2, 0) is 0 Å². The molecular formula is C36H42ClN9. The van der Waals surface area contributed by atoms with E-state index in [1.54, 1.807) is 12.4 Å². The first-order chi connectivity index (χ1) is 22.2. The van der Waals surface area contributed by atoms with E-state index < -0.39 is 0 Å². The SMILES string of the molecule is CC[C@@H](Nc1c(C#N)cnc2c(Cl)cc(N[C@H](C3=CN(C4CCN(C(C)(C)C)CC4)NN3)c3cccnc3)cc12)c1ccccc1. The van der Waals surface area contributed by atoms with Crippen LogP contribution in [0.4, 0.5) is 11.4 Å². The third-order valence-electron chi connectivity index (χ3n) is 9.03. The van der Waals surface area contributed by atoms with Crippen molar-refractivity contribution in [1.82, 2.24) is 30.8 Å². The second-order valence-corrected chi connectivity index (χ2v) is 13.4. The number of fused-ring (bicyclic) bond motifs is 1. The van der Waals surface area contributed by atoms with Crippen molar-refractivity contribution in [1.29, 1.82) is 5.26 Å². The Balaban J connectivity index is 1.32. The number of halogens is 1. The van der Waals surface area contributed by atoms with Crippen molar-refractivity contribution in [3.05, 3.63) is 107 Å². The summed E-state index contributed by atoms with van der Waals surface area (Å²) in [6, 6.07) is 20.7. The molecule has 46 heavy (non-hydrogen) atoms. The molecule has 6 rings (SSSR count). The summed E-state index contributed by atoms with van der Waals surface area (Å²) >= 11 is 6.89. The molecule has 2 atom stereocenters. The Kier molecular flexibility index (Phi) is 9.32. The largest absolute Gasteiger partial charge is 0.377 e. The van der Waals surface area contributed by atoms with E-state index in [0.29, 0.717) is 22.1 Å². The predicted molar refractivity (Wildman–Crippen MR) is 186 cm³/mol. The van der Waals surface area contributed by atoms with Gasteiger partial charge in [0.2, 0.25) is 0 Å². The van der Waals surface area contributed by atoms with Gasteiger partial charge in [0.1, 0.15) is 6.07 Å². The topological polar surface area (TPSA) is 104 Å². The van der Waals surface area contributed by atoms with Gasteiger partial charge in [0.25, 0.3) is 0 Å². The normalized spacial score (nSPS) is 17.2. The molecule has 2 aromatic carbocycles. The van der Waals surface area contributed by atoms with Gasteiger partial charge in [0, 0.05) is 60.5 Å². The molecule has 1 saturated heterocycles. The molecule has 238 valence electrons. The molecule has 0 aliphatic carbocycles. The molecule has 10 heteroatoms. The second kappa shape index (κ2) is 13.6. The lowest BCUT2D eigenvalue weighted by Crippen LogP contribution is -2.52. The molecule has 0 radical (unpaired) electrons. The molecule has 0 unspecified atom stereocenters. The molecule has 4 aromatic rings. The molecule has 2 aromatic heterocycles. The summed E-state index contributed by atoms with van der Waals surface area (Å²) in [5.41, 5.74) is 12.8. The number of rotatable bonds is 9. The lowest BCUT2D eigenvalue weighted by molar-refractivity contribution is 0.0570. The van der Waals surface area contributed by atoms with Gasteiger partial charge in [0.15, 0.2) is 0 Å². The average molecular weight is 636 g/mol. The summed E-state index contributed by atoms with van der Waals surface area (Å²) in [4.78, 5) is 11.6. The Morgan fingerprint density at radius 3 is 2.48 bits per heavy atom. The third-order valence-corrected chi connectivity index (χ3v) is 9.32. The first-order valence-electron chi connectivity index (χ1n) is 16.0. The summed E-state index contributed by atoms with van der Waals surface area (Å²) in [6.45, 7) is 11.1. The number of nitrogens with zero attached hydrogens (tertiary/aromatic N) is 5. The number of benzene rings is 2. The highest BCUT2D eigenvalue weighted by atomic mass is 35.5. The Morgan fingerprint density at radius 1 is 1.04 bits per heavy atom. The zero-order chi connectivity index (χ0) is 32.3. The molecule has 2 aliphatic rings. The summed E-state index contributed by atoms with van der Waals surface area (Å²) < 4.78 is 0. The van der Waals surface area contributed by atoms with Crippen LogP contribution in [-0.4, -0.2) is 44.5 Å². The van der Waals surface area contributed by atoms with Crippen molar-refractivity contribution in [3.63, 3.8) is 0 Å². The summed E-state index contributed by atoms with van der Waals surface area (Å²) in [7, 11) is 0. The van der Waals surface area contributed by atoms with Crippen molar-refractivity contribution in [2.75, 3.05) is 23.7 Å². The minimum Gasteiger partial charge on any atom is -0.377 e. The zero-order valence-corrected chi connectivity index (χ0v) is 27.6. The van der Waals surface area contributed by atoms with E-state index in [4.69, 9.17) is 11.6 Å². The lowest BCUT2D eigenvalue weighted by atomic mass is 9.98. The summed E-state index contributed by atoms with van der Waals surface area (Å²) in [5.74, 6) is 0. The van der Waals surface area contributed by atoms with E-state index in [1.165, 1.54) is 0 Å². The van der Waals surface area contributed by atoms with Gasteiger partial charge < -0.3 is 16.1 Å². The van der Waals surface area contributed by atoms with Crippen LogP contribution < -0.4 is 21.6 Å². The van der Waals surface area contributed by atoms with Crippen LogP contribution in [0.3, 0.4) is 0 Å². The number of nitriles is 1. The highest BCUT2D eigenvalue weighted by molar-refractivity contribution is 6.35. The van der Waals surface area contributed by atoms with Gasteiger partial charge in [-0.15, -0.1) is 5.53 Å². The molecule has 0 saturated carbocycles. The predicted octanol–water partition coefficient (Wildman–Crippen LogP) is 7.30. The van der Waals surface area contributed by atoms with E-state index in [-0.39, 0.29) is 17.6 Å². The number of hydrogen-bond acceptors (Lipinski definition) is 9. The quantitative estimate of drug-likeness (QED) is 0.151. The molecule has 9 nitrogen and oxygen atoms in total. The molecule has 1 fully saturated rings. The van der Waals surface area contributed by atoms with Gasteiger partial charge in [0.05, 0.1) is 39.6 Å². The van der Waals surface area contributed by atoms with Crippen LogP contribution in [0.5, 0.6) is 0 Å². The zero-order valence-electron chi connectivity index (χ0n) is 26.9. The number of hydrazine groups is 2. The van der Waals surface area contributed by atoms with E-state index in [0.717, 1.165) is 65.9 Å². The first-order valence-corrected chi connectivity index (χ1v) is 16.4. The van der Waals surface area contributed by atoms with Gasteiger partial charge >= 0.3 is 0 Å². The highest BCUT2D eigenvalue weighted by Crippen LogP contribution is 2.37. The van der Waals surface area contributed by atoms with E-state index >= 15 is 0 Å². The lowest BCUT2D eigenvalue weighted by Gasteiger charge is -2.42. The number of likely N-dealkylation sites (tertiary alicyclic amines) is 1. The Bertz CT molecular complexity index is 1720.